The summed E-state index contributed by atoms with van der Waals surface area (Å²) in [5.41, 5.74) is 1.08. The Labute approximate surface area is 261 Å². The van der Waals surface area contributed by atoms with Crippen molar-refractivity contribution in [1.82, 2.24) is 24.9 Å². The summed E-state index contributed by atoms with van der Waals surface area (Å²) in [6, 6.07) is 7.14. The van der Waals surface area contributed by atoms with Gasteiger partial charge in [-0.2, -0.15) is 0 Å². The molecule has 1 aromatic rings. The van der Waals surface area contributed by atoms with Crippen LogP contribution in [0.3, 0.4) is 0 Å². The van der Waals surface area contributed by atoms with Crippen LogP contribution in [0.4, 0.5) is 0 Å². The van der Waals surface area contributed by atoms with E-state index in [0.29, 0.717) is 56.7 Å². The van der Waals surface area contributed by atoms with E-state index >= 15 is 0 Å². The molecule has 0 radical (unpaired) electrons. The van der Waals surface area contributed by atoms with Crippen LogP contribution in [0, 0.1) is 11.8 Å². The molecule has 1 N–H and O–H groups in total. The van der Waals surface area contributed by atoms with E-state index in [2.05, 4.69) is 29.1 Å². The van der Waals surface area contributed by atoms with Gasteiger partial charge in [-0.15, -0.1) is 0 Å². The zero-order chi connectivity index (χ0) is 30.1. The molecule has 0 bridgehead atoms. The molecule has 5 atom stereocenters. The normalized spacial score (nSPS) is 33.6. The van der Waals surface area contributed by atoms with E-state index in [-0.39, 0.29) is 41.6 Å². The molecule has 0 spiro atoms. The van der Waals surface area contributed by atoms with E-state index in [1.165, 1.54) is 0 Å². The molecule has 0 unspecified atom stereocenters. The van der Waals surface area contributed by atoms with Crippen molar-refractivity contribution in [3.8, 4) is 0 Å². The maximum absolute atomic E-state index is 14.5. The van der Waals surface area contributed by atoms with Gasteiger partial charge in [0.15, 0.2) is 0 Å². The van der Waals surface area contributed by atoms with Gasteiger partial charge in [0.1, 0.15) is 12.1 Å². The zero-order valence-electron chi connectivity index (χ0n) is 25.8. The number of hydrogen-bond donors (Lipinski definition) is 1. The van der Waals surface area contributed by atoms with Crippen LogP contribution in [0.2, 0.25) is 5.02 Å². The van der Waals surface area contributed by atoms with Crippen LogP contribution in [0.25, 0.3) is 0 Å². The van der Waals surface area contributed by atoms with E-state index in [4.69, 9.17) is 16.3 Å². The fourth-order valence-corrected chi connectivity index (χ4v) is 8.19. The van der Waals surface area contributed by atoms with Crippen LogP contribution in [-0.4, -0.2) is 121 Å². The quantitative estimate of drug-likeness (QED) is 0.531. The number of nitrogens with one attached hydrogen (secondary N) is 1. The molecule has 1 aromatic carbocycles. The summed E-state index contributed by atoms with van der Waals surface area (Å²) in [6.45, 7) is 7.56. The second-order valence-electron chi connectivity index (χ2n) is 13.6. The minimum Gasteiger partial charge on any atom is -0.368 e. The first-order valence-electron chi connectivity index (χ1n) is 16.5. The highest BCUT2D eigenvalue weighted by atomic mass is 35.5. The summed E-state index contributed by atoms with van der Waals surface area (Å²) in [5, 5.41) is 4.11. The van der Waals surface area contributed by atoms with Crippen LogP contribution >= 0.6 is 11.6 Å². The van der Waals surface area contributed by atoms with Crippen LogP contribution in [0.15, 0.2) is 24.3 Å². The Morgan fingerprint density at radius 2 is 1.65 bits per heavy atom. The average Bonchev–Trinajstić information content (AvgIpc) is 3.80. The molecule has 4 saturated heterocycles. The Balaban J connectivity index is 1.28. The van der Waals surface area contributed by atoms with Gasteiger partial charge in [-0.25, -0.2) is 0 Å². The third kappa shape index (κ3) is 6.60. The van der Waals surface area contributed by atoms with Gasteiger partial charge in [-0.1, -0.05) is 30.7 Å². The standard InChI is InChI=1S/C33H48ClN5O4/c1-22-5-11-25(12-6-22)39(33(42)30-4-3-17-43-30)26-18-29(32(41)37-15-13-36(2)14-16-37)38(21-26)31(40)28-20-35-19-27(28)23-7-9-24(34)10-8-23/h7-10,22,25-30,35H,3-6,11-21H2,1-2H3/t22-,25+,26-,27-,28+,29+,30-/m0/s1. The van der Waals surface area contributed by atoms with Crippen LogP contribution < -0.4 is 5.32 Å². The number of halogens is 1. The number of likely N-dealkylation sites (tertiary alicyclic amines) is 1. The van der Waals surface area contributed by atoms with E-state index in [1.807, 2.05) is 34.1 Å². The summed E-state index contributed by atoms with van der Waals surface area (Å²) >= 11 is 6.17. The Morgan fingerprint density at radius 3 is 2.33 bits per heavy atom. The molecule has 3 amide bonds. The Bertz CT molecular complexity index is 1140. The molecule has 4 aliphatic heterocycles. The van der Waals surface area contributed by atoms with Crippen molar-refractivity contribution < 1.29 is 19.1 Å². The second-order valence-corrected chi connectivity index (χ2v) is 14.0. The number of carbonyl (C=O) groups is 3. The highest BCUT2D eigenvalue weighted by Crippen LogP contribution is 2.37. The molecule has 4 heterocycles. The zero-order valence-corrected chi connectivity index (χ0v) is 26.5. The van der Waals surface area contributed by atoms with Gasteiger partial charge in [0, 0.05) is 69.4 Å². The molecule has 1 aliphatic carbocycles. The van der Waals surface area contributed by atoms with Crippen molar-refractivity contribution in [2.24, 2.45) is 11.8 Å². The summed E-state index contributed by atoms with van der Waals surface area (Å²) < 4.78 is 5.90. The monoisotopic (exact) mass is 613 g/mol. The molecule has 236 valence electrons. The van der Waals surface area contributed by atoms with Crippen molar-refractivity contribution in [1.29, 1.82) is 0 Å². The number of hydrogen-bond acceptors (Lipinski definition) is 6. The fraction of sp³-hybridized carbons (Fsp3) is 0.727. The highest BCUT2D eigenvalue weighted by Gasteiger charge is 2.50. The van der Waals surface area contributed by atoms with Gasteiger partial charge in [0.2, 0.25) is 11.8 Å². The third-order valence-corrected chi connectivity index (χ3v) is 11.0. The lowest BCUT2D eigenvalue weighted by atomic mass is 9.85. The second kappa shape index (κ2) is 13.4. The molecule has 1 saturated carbocycles. The van der Waals surface area contributed by atoms with Crippen molar-refractivity contribution in [3.05, 3.63) is 34.9 Å². The van der Waals surface area contributed by atoms with Crippen LogP contribution in [0.5, 0.6) is 0 Å². The lowest BCUT2D eigenvalue weighted by Crippen LogP contribution is -2.54. The average molecular weight is 614 g/mol. The number of ether oxygens (including phenoxy) is 1. The lowest BCUT2D eigenvalue weighted by molar-refractivity contribution is -0.148. The first-order chi connectivity index (χ1) is 20.8. The van der Waals surface area contributed by atoms with Gasteiger partial charge >= 0.3 is 0 Å². The Morgan fingerprint density at radius 1 is 0.930 bits per heavy atom. The van der Waals surface area contributed by atoms with Gasteiger partial charge in [-0.3, -0.25) is 14.4 Å². The number of piperazine rings is 1. The minimum atomic E-state index is -0.560. The number of carbonyl (C=O) groups excluding carboxylic acids is 3. The maximum Gasteiger partial charge on any atom is 0.252 e. The van der Waals surface area contributed by atoms with Crippen molar-refractivity contribution in [2.75, 3.05) is 59.5 Å². The number of rotatable bonds is 6. The minimum absolute atomic E-state index is 0.00709. The first-order valence-corrected chi connectivity index (χ1v) is 16.9. The highest BCUT2D eigenvalue weighted by molar-refractivity contribution is 6.30. The number of nitrogens with zero attached hydrogens (tertiary/aromatic N) is 4. The lowest BCUT2D eigenvalue weighted by Gasteiger charge is -2.41. The van der Waals surface area contributed by atoms with E-state index < -0.39 is 12.1 Å². The largest absolute Gasteiger partial charge is 0.368 e. The van der Waals surface area contributed by atoms with Gasteiger partial charge < -0.3 is 29.7 Å². The fourth-order valence-electron chi connectivity index (χ4n) is 8.06. The third-order valence-electron chi connectivity index (χ3n) is 10.7. The van der Waals surface area contributed by atoms with Gasteiger partial charge in [0.05, 0.1) is 12.0 Å². The van der Waals surface area contributed by atoms with Crippen LogP contribution in [0.1, 0.15) is 63.4 Å². The van der Waals surface area contributed by atoms with E-state index in [9.17, 15) is 14.4 Å². The van der Waals surface area contributed by atoms with Crippen molar-refractivity contribution >= 4 is 29.3 Å². The topological polar surface area (TPSA) is 85.4 Å². The van der Waals surface area contributed by atoms with E-state index in [0.717, 1.165) is 57.2 Å². The molecule has 5 fully saturated rings. The first kappa shape index (κ1) is 30.8. The number of benzene rings is 1. The number of likely N-dealkylation sites (N-methyl/N-ethyl adjacent to an activating group) is 1. The summed E-state index contributed by atoms with van der Waals surface area (Å²) in [5.74, 6) is 0.488. The molecule has 43 heavy (non-hydrogen) atoms. The summed E-state index contributed by atoms with van der Waals surface area (Å²) in [6.07, 6.45) is 5.83. The summed E-state index contributed by atoms with van der Waals surface area (Å²) in [7, 11) is 2.08. The molecular formula is C33H48ClN5O4. The molecule has 10 heteroatoms. The molecule has 0 aromatic heterocycles. The maximum atomic E-state index is 14.5. The Kier molecular flexibility index (Phi) is 9.62. The smallest absolute Gasteiger partial charge is 0.252 e. The van der Waals surface area contributed by atoms with Crippen LogP contribution in [-0.2, 0) is 19.1 Å². The SMILES string of the molecule is CN1CCN(C(=O)[C@H]2C[C@H](N(C(=O)[C@@H]3CCCO3)[C@H]3CC[C@@H](C)CC3)CN2C(=O)[C@@H]2CNC[C@H]2c2ccc(Cl)cc2)CC1. The van der Waals surface area contributed by atoms with Crippen molar-refractivity contribution in [2.45, 2.75) is 82.0 Å². The molecule has 5 aliphatic rings. The van der Waals surface area contributed by atoms with Crippen molar-refractivity contribution in [3.63, 3.8) is 0 Å². The van der Waals surface area contributed by atoms with E-state index in [1.54, 1.807) is 0 Å². The Hall–Kier alpha value is -2.20. The number of amides is 3. The summed E-state index contributed by atoms with van der Waals surface area (Å²) in [4.78, 5) is 50.9. The molecular weight excluding hydrogens is 566 g/mol. The molecule has 9 nitrogen and oxygen atoms in total. The van der Waals surface area contributed by atoms with Gasteiger partial charge in [-0.05, 0) is 75.6 Å². The predicted octanol–water partition coefficient (Wildman–Crippen LogP) is 2.97. The predicted molar refractivity (Wildman–Crippen MR) is 166 cm³/mol. The van der Waals surface area contributed by atoms with Gasteiger partial charge in [0.25, 0.3) is 5.91 Å². The molecule has 6 rings (SSSR count).